The zero-order chi connectivity index (χ0) is 16.1. The molecule has 0 spiro atoms. The van der Waals surface area contributed by atoms with Crippen molar-refractivity contribution in [3.05, 3.63) is 48.2 Å². The highest BCUT2D eigenvalue weighted by Crippen LogP contribution is 2.16. The Balaban J connectivity index is 1.60. The zero-order valence-corrected chi connectivity index (χ0v) is 12.6. The quantitative estimate of drug-likeness (QED) is 0.928. The van der Waals surface area contributed by atoms with Crippen LogP contribution in [0.15, 0.2) is 42.6 Å². The van der Waals surface area contributed by atoms with E-state index in [0.717, 1.165) is 5.56 Å². The summed E-state index contributed by atoms with van der Waals surface area (Å²) in [5.74, 6) is 1.08. The molecule has 3 rings (SSSR count). The number of hydrogen-bond acceptors (Lipinski definition) is 5. The van der Waals surface area contributed by atoms with E-state index in [0.29, 0.717) is 44.6 Å². The number of piperazine rings is 1. The summed E-state index contributed by atoms with van der Waals surface area (Å²) in [4.78, 5) is 23.0. The van der Waals surface area contributed by atoms with Gasteiger partial charge in [0.1, 0.15) is 6.61 Å². The van der Waals surface area contributed by atoms with Crippen molar-refractivity contribution < 1.29 is 14.6 Å². The molecule has 1 aliphatic rings. The van der Waals surface area contributed by atoms with Crippen molar-refractivity contribution >= 4 is 12.0 Å². The molecular formula is C16H18N4O3. The monoisotopic (exact) mass is 314 g/mol. The van der Waals surface area contributed by atoms with Gasteiger partial charge in [-0.2, -0.15) is 4.98 Å². The molecule has 1 N–H and O–H groups in total. The molecule has 1 saturated heterocycles. The van der Waals surface area contributed by atoms with E-state index in [9.17, 15) is 4.79 Å². The fourth-order valence-corrected chi connectivity index (χ4v) is 2.39. The predicted molar refractivity (Wildman–Crippen MR) is 84.6 cm³/mol. The Morgan fingerprint density at radius 2 is 1.87 bits per heavy atom. The van der Waals surface area contributed by atoms with Crippen molar-refractivity contribution in [2.45, 2.75) is 6.61 Å². The summed E-state index contributed by atoms with van der Waals surface area (Å²) < 4.78 is 5.70. The van der Waals surface area contributed by atoms with Gasteiger partial charge in [0.05, 0.1) is 0 Å². The number of hydrogen-bond donors (Lipinski definition) is 1. The third-order valence-corrected chi connectivity index (χ3v) is 3.68. The van der Waals surface area contributed by atoms with Crippen LogP contribution in [0.2, 0.25) is 0 Å². The lowest BCUT2D eigenvalue weighted by atomic mass is 10.2. The van der Waals surface area contributed by atoms with Gasteiger partial charge in [-0.05, 0) is 5.56 Å². The molecule has 0 aliphatic carbocycles. The van der Waals surface area contributed by atoms with Crippen LogP contribution in [0.3, 0.4) is 0 Å². The molecule has 0 atom stereocenters. The summed E-state index contributed by atoms with van der Waals surface area (Å²) in [6.07, 6.45) is 0.775. The highest BCUT2D eigenvalue weighted by molar-refractivity contribution is 5.65. The van der Waals surface area contributed by atoms with E-state index in [-0.39, 0.29) is 0 Å². The second-order valence-electron chi connectivity index (χ2n) is 5.23. The average Bonchev–Trinajstić information content (AvgIpc) is 2.61. The first-order chi connectivity index (χ1) is 11.2. The number of carbonyl (C=O) groups is 1. The van der Waals surface area contributed by atoms with Crippen LogP contribution in [0.25, 0.3) is 0 Å². The third-order valence-electron chi connectivity index (χ3n) is 3.68. The Morgan fingerprint density at radius 1 is 1.13 bits per heavy atom. The van der Waals surface area contributed by atoms with Crippen LogP contribution < -0.4 is 9.64 Å². The maximum absolute atomic E-state index is 10.9. The molecule has 1 aliphatic heterocycles. The van der Waals surface area contributed by atoms with Gasteiger partial charge < -0.3 is 19.6 Å². The second kappa shape index (κ2) is 6.95. The highest BCUT2D eigenvalue weighted by atomic mass is 16.5. The molecule has 2 aromatic rings. The predicted octanol–water partition coefficient (Wildman–Crippen LogP) is 1.86. The molecule has 0 radical (unpaired) electrons. The number of benzene rings is 1. The minimum Gasteiger partial charge on any atom is -0.473 e. The molecule has 0 bridgehead atoms. The maximum Gasteiger partial charge on any atom is 0.407 e. The standard InChI is InChI=1S/C16H18N4O3/c21-16(22)20-10-8-19(9-11-20)15-17-7-6-14(18-15)23-12-13-4-2-1-3-5-13/h1-7H,8-12H2,(H,21,22). The molecule has 1 fully saturated rings. The lowest BCUT2D eigenvalue weighted by Gasteiger charge is -2.33. The fraction of sp³-hybridized carbons (Fsp3) is 0.312. The lowest BCUT2D eigenvalue weighted by Crippen LogP contribution is -2.48. The molecule has 7 heteroatoms. The Bertz CT molecular complexity index is 657. The first kappa shape index (κ1) is 15.1. The van der Waals surface area contributed by atoms with Gasteiger partial charge in [-0.1, -0.05) is 30.3 Å². The van der Waals surface area contributed by atoms with E-state index in [1.807, 2.05) is 35.2 Å². The third kappa shape index (κ3) is 3.88. The molecule has 2 heterocycles. The number of rotatable bonds is 4. The summed E-state index contributed by atoms with van der Waals surface area (Å²) >= 11 is 0. The van der Waals surface area contributed by atoms with Gasteiger partial charge in [0.15, 0.2) is 0 Å². The molecule has 0 saturated carbocycles. The summed E-state index contributed by atoms with van der Waals surface area (Å²) in [5, 5.41) is 8.97. The molecule has 1 aromatic heterocycles. The van der Waals surface area contributed by atoms with Crippen molar-refractivity contribution in [3.8, 4) is 5.88 Å². The van der Waals surface area contributed by atoms with Crippen molar-refractivity contribution in [2.75, 3.05) is 31.1 Å². The summed E-state index contributed by atoms with van der Waals surface area (Å²) in [6, 6.07) is 11.6. The van der Waals surface area contributed by atoms with Crippen LogP contribution in [0, 0.1) is 0 Å². The Morgan fingerprint density at radius 3 is 2.57 bits per heavy atom. The van der Waals surface area contributed by atoms with Gasteiger partial charge in [-0.25, -0.2) is 9.78 Å². The summed E-state index contributed by atoms with van der Waals surface area (Å²) in [6.45, 7) is 2.51. The minimum atomic E-state index is -0.884. The fourth-order valence-electron chi connectivity index (χ4n) is 2.39. The molecule has 0 unspecified atom stereocenters. The van der Waals surface area contributed by atoms with Gasteiger partial charge in [0.25, 0.3) is 0 Å². The van der Waals surface area contributed by atoms with Gasteiger partial charge in [-0.3, -0.25) is 0 Å². The first-order valence-corrected chi connectivity index (χ1v) is 7.45. The number of nitrogens with zero attached hydrogens (tertiary/aromatic N) is 4. The van der Waals surface area contributed by atoms with Crippen LogP contribution in [-0.4, -0.2) is 52.2 Å². The molecule has 120 valence electrons. The van der Waals surface area contributed by atoms with Gasteiger partial charge in [0.2, 0.25) is 11.8 Å². The average molecular weight is 314 g/mol. The van der Waals surface area contributed by atoms with Crippen LogP contribution >= 0.6 is 0 Å². The van der Waals surface area contributed by atoms with Crippen LogP contribution in [0.1, 0.15) is 5.56 Å². The largest absolute Gasteiger partial charge is 0.473 e. The molecule has 7 nitrogen and oxygen atoms in total. The molecule has 23 heavy (non-hydrogen) atoms. The van der Waals surface area contributed by atoms with Crippen molar-refractivity contribution in [3.63, 3.8) is 0 Å². The van der Waals surface area contributed by atoms with E-state index in [1.165, 1.54) is 4.90 Å². The number of anilines is 1. The first-order valence-electron chi connectivity index (χ1n) is 7.45. The summed E-state index contributed by atoms with van der Waals surface area (Å²) in [7, 11) is 0. The lowest BCUT2D eigenvalue weighted by molar-refractivity contribution is 0.142. The summed E-state index contributed by atoms with van der Waals surface area (Å²) in [5.41, 5.74) is 1.07. The van der Waals surface area contributed by atoms with Gasteiger partial charge in [0, 0.05) is 38.4 Å². The topological polar surface area (TPSA) is 78.8 Å². The maximum atomic E-state index is 10.9. The normalized spacial score (nSPS) is 14.6. The Labute approximate surface area is 134 Å². The van der Waals surface area contributed by atoms with Gasteiger partial charge in [-0.15, -0.1) is 0 Å². The van der Waals surface area contributed by atoms with Crippen molar-refractivity contribution in [1.29, 1.82) is 0 Å². The molecule has 1 amide bonds. The van der Waals surface area contributed by atoms with E-state index in [2.05, 4.69) is 9.97 Å². The van der Waals surface area contributed by atoms with Crippen LogP contribution in [-0.2, 0) is 6.61 Å². The number of amides is 1. The Kier molecular flexibility index (Phi) is 4.56. The van der Waals surface area contributed by atoms with E-state index in [1.54, 1.807) is 12.3 Å². The molecular weight excluding hydrogens is 296 g/mol. The number of aromatic nitrogens is 2. The van der Waals surface area contributed by atoms with E-state index < -0.39 is 6.09 Å². The second-order valence-corrected chi connectivity index (χ2v) is 5.23. The number of carboxylic acid groups (broad SMARTS) is 1. The zero-order valence-electron chi connectivity index (χ0n) is 12.6. The SMILES string of the molecule is O=C(O)N1CCN(c2nccc(OCc3ccccc3)n2)CC1. The highest BCUT2D eigenvalue weighted by Gasteiger charge is 2.22. The van der Waals surface area contributed by atoms with Crippen LogP contribution in [0.4, 0.5) is 10.7 Å². The van der Waals surface area contributed by atoms with E-state index in [4.69, 9.17) is 9.84 Å². The Hall–Kier alpha value is -2.83. The van der Waals surface area contributed by atoms with Crippen molar-refractivity contribution in [1.82, 2.24) is 14.9 Å². The minimum absolute atomic E-state index is 0.448. The van der Waals surface area contributed by atoms with Crippen molar-refractivity contribution in [2.24, 2.45) is 0 Å². The van der Waals surface area contributed by atoms with Gasteiger partial charge >= 0.3 is 6.09 Å². The number of ether oxygens (including phenoxy) is 1. The smallest absolute Gasteiger partial charge is 0.407 e. The molecule has 1 aromatic carbocycles. The van der Waals surface area contributed by atoms with E-state index >= 15 is 0 Å². The van der Waals surface area contributed by atoms with Crippen LogP contribution in [0.5, 0.6) is 5.88 Å².